The standard InChI is InChI=1S/C20H18NOSi.C13H12N.Ir/c1-23(2,3)15-10-8-14(9-11-15)19-20-17(12-13-21-19)16-6-4-5-7-18(16)22-20;1-10-3-6-12(7-4-10)13-8-5-11(2)9-14-13;/h4-8,10-13H,1-3H3;3-6,8-9H,1-2H3;/q2*-1;/i;1D3,2D3;. The van der Waals surface area contributed by atoms with Crippen molar-refractivity contribution in [1.82, 2.24) is 9.97 Å². The van der Waals surface area contributed by atoms with Crippen LogP contribution >= 0.6 is 0 Å². The van der Waals surface area contributed by atoms with Gasteiger partial charge in [0.15, 0.2) is 0 Å². The minimum atomic E-state index is -2.18. The van der Waals surface area contributed by atoms with E-state index in [4.69, 9.17) is 12.6 Å². The Morgan fingerprint density at radius 3 is 2.18 bits per heavy atom. The van der Waals surface area contributed by atoms with Crippen LogP contribution in [0.25, 0.3) is 44.5 Å². The van der Waals surface area contributed by atoms with E-state index >= 15 is 0 Å². The van der Waals surface area contributed by atoms with Gasteiger partial charge in [0.25, 0.3) is 0 Å². The minimum absolute atomic E-state index is 0. The second kappa shape index (κ2) is 11.6. The number of furan rings is 1. The summed E-state index contributed by atoms with van der Waals surface area (Å²) in [5.41, 5.74) is 5.13. The van der Waals surface area contributed by atoms with Crippen molar-refractivity contribution in [1.29, 1.82) is 0 Å². The Hall–Kier alpha value is -3.37. The summed E-state index contributed by atoms with van der Waals surface area (Å²) in [7, 11) is -1.31. The average molecular weight is 697 g/mol. The molecule has 5 heteroatoms. The Bertz CT molecular complexity index is 1800. The summed E-state index contributed by atoms with van der Waals surface area (Å²) in [6.07, 6.45) is 3.15. The van der Waals surface area contributed by atoms with Crippen LogP contribution in [0.3, 0.4) is 0 Å². The molecule has 6 aromatic rings. The van der Waals surface area contributed by atoms with E-state index in [9.17, 15) is 0 Å². The number of pyridine rings is 2. The number of hydrogen-bond donors (Lipinski definition) is 0. The first-order chi connectivity index (χ1) is 20.2. The molecule has 0 aliphatic heterocycles. The molecular weight excluding hydrogens is 661 g/mol. The van der Waals surface area contributed by atoms with Gasteiger partial charge in [0.05, 0.1) is 0 Å². The van der Waals surface area contributed by atoms with Gasteiger partial charge in [0.1, 0.15) is 11.2 Å². The molecule has 0 atom stereocenters. The number of para-hydroxylation sites is 1. The number of nitrogens with zero attached hydrogens (tertiary/aromatic N) is 2. The van der Waals surface area contributed by atoms with Crippen LogP contribution in [-0.4, -0.2) is 18.0 Å². The van der Waals surface area contributed by atoms with Gasteiger partial charge in [-0.15, -0.1) is 70.4 Å². The Morgan fingerprint density at radius 1 is 0.763 bits per heavy atom. The molecule has 0 unspecified atom stereocenters. The first kappa shape index (κ1) is 20.6. The van der Waals surface area contributed by atoms with E-state index in [1.54, 1.807) is 12.1 Å². The van der Waals surface area contributed by atoms with Crippen molar-refractivity contribution in [2.45, 2.75) is 33.3 Å². The predicted molar refractivity (Wildman–Crippen MR) is 157 cm³/mol. The van der Waals surface area contributed by atoms with Gasteiger partial charge in [-0.1, -0.05) is 56.8 Å². The molecule has 0 aliphatic carbocycles. The molecule has 0 saturated carbocycles. The van der Waals surface area contributed by atoms with Crippen LogP contribution in [0.15, 0.2) is 95.7 Å². The van der Waals surface area contributed by atoms with Gasteiger partial charge in [-0.2, -0.15) is 0 Å². The molecule has 0 bridgehead atoms. The van der Waals surface area contributed by atoms with Crippen LogP contribution in [0.2, 0.25) is 19.6 Å². The van der Waals surface area contributed by atoms with Crippen LogP contribution < -0.4 is 5.19 Å². The molecule has 0 fully saturated rings. The van der Waals surface area contributed by atoms with Gasteiger partial charge in [-0.05, 0) is 30.2 Å². The van der Waals surface area contributed by atoms with Crippen molar-refractivity contribution < 1.29 is 32.7 Å². The number of hydrogen-bond acceptors (Lipinski definition) is 3. The fourth-order valence-corrected chi connectivity index (χ4v) is 5.11. The van der Waals surface area contributed by atoms with Gasteiger partial charge in [-0.3, -0.25) is 0 Å². The fourth-order valence-electron chi connectivity index (χ4n) is 4.02. The van der Waals surface area contributed by atoms with Crippen molar-refractivity contribution in [3.05, 3.63) is 115 Å². The topological polar surface area (TPSA) is 38.9 Å². The summed E-state index contributed by atoms with van der Waals surface area (Å²) in [6.45, 7) is 2.68. The Labute approximate surface area is 247 Å². The second-order valence-electron chi connectivity index (χ2n) is 9.80. The zero-order chi connectivity index (χ0) is 31.0. The normalized spacial score (nSPS) is 14.1. The monoisotopic (exact) mass is 697 g/mol. The Balaban J connectivity index is 0.000000199. The molecule has 3 aromatic carbocycles. The van der Waals surface area contributed by atoms with Crippen LogP contribution in [0.1, 0.15) is 19.4 Å². The number of benzene rings is 3. The Kier molecular flexibility index (Phi) is 6.26. The summed E-state index contributed by atoms with van der Waals surface area (Å²) in [5.74, 6) is 0. The third-order valence-corrected chi connectivity index (χ3v) is 8.12. The third kappa shape index (κ3) is 6.02. The van der Waals surface area contributed by atoms with Gasteiger partial charge < -0.3 is 14.4 Å². The Morgan fingerprint density at radius 2 is 1.53 bits per heavy atom. The molecule has 3 nitrogen and oxygen atoms in total. The first-order valence-electron chi connectivity index (χ1n) is 15.0. The third-order valence-electron chi connectivity index (χ3n) is 6.08. The minimum Gasteiger partial charge on any atom is -0.464 e. The van der Waals surface area contributed by atoms with Crippen molar-refractivity contribution in [3.8, 4) is 22.5 Å². The number of aryl methyl sites for hydroxylation is 2. The molecule has 3 heterocycles. The van der Waals surface area contributed by atoms with Crippen molar-refractivity contribution in [3.63, 3.8) is 0 Å². The van der Waals surface area contributed by atoms with Crippen molar-refractivity contribution >= 4 is 35.2 Å². The maximum absolute atomic E-state index is 7.28. The molecule has 0 aliphatic rings. The molecule has 6 rings (SSSR count). The van der Waals surface area contributed by atoms with E-state index in [2.05, 4.69) is 66.0 Å². The molecule has 3 aromatic heterocycles. The van der Waals surface area contributed by atoms with Crippen molar-refractivity contribution in [2.24, 2.45) is 0 Å². The maximum atomic E-state index is 7.28. The van der Waals surface area contributed by atoms with Gasteiger partial charge in [0, 0.05) is 65.3 Å². The number of fused-ring (bicyclic) bond motifs is 3. The van der Waals surface area contributed by atoms with E-state index in [0.717, 1.165) is 33.2 Å². The van der Waals surface area contributed by atoms with Crippen molar-refractivity contribution in [2.75, 3.05) is 0 Å². The molecule has 193 valence electrons. The predicted octanol–water partition coefficient (Wildman–Crippen LogP) is 8.16. The van der Waals surface area contributed by atoms with E-state index in [1.807, 2.05) is 30.5 Å². The van der Waals surface area contributed by atoms with Crippen LogP contribution in [0.5, 0.6) is 0 Å². The van der Waals surface area contributed by atoms with Crippen LogP contribution in [-0.2, 0) is 20.1 Å². The summed E-state index contributed by atoms with van der Waals surface area (Å²) >= 11 is 0. The quantitative estimate of drug-likeness (QED) is 0.139. The van der Waals surface area contributed by atoms with Crippen LogP contribution in [0.4, 0.5) is 0 Å². The average Bonchev–Trinajstić information content (AvgIpc) is 3.35. The zero-order valence-electron chi connectivity index (χ0n) is 27.3. The molecule has 1 radical (unpaired) electrons. The maximum Gasteiger partial charge on any atom is 0.134 e. The number of rotatable bonds is 3. The van der Waals surface area contributed by atoms with E-state index in [1.165, 1.54) is 29.6 Å². The summed E-state index contributed by atoms with van der Waals surface area (Å²) in [5, 5.41) is 3.64. The van der Waals surface area contributed by atoms with Crippen LogP contribution in [0, 0.1) is 25.8 Å². The molecule has 0 saturated heterocycles. The molecular formula is C33H30IrN2OSi-2. The summed E-state index contributed by atoms with van der Waals surface area (Å²) < 4.78 is 49.7. The van der Waals surface area contributed by atoms with E-state index in [0.29, 0.717) is 11.3 Å². The molecule has 38 heavy (non-hydrogen) atoms. The van der Waals surface area contributed by atoms with Gasteiger partial charge in [0.2, 0.25) is 0 Å². The largest absolute Gasteiger partial charge is 0.464 e. The van der Waals surface area contributed by atoms with Gasteiger partial charge >= 0.3 is 0 Å². The fraction of sp³-hybridized carbons (Fsp3) is 0.152. The van der Waals surface area contributed by atoms with E-state index < -0.39 is 21.8 Å². The molecule has 0 spiro atoms. The summed E-state index contributed by atoms with van der Waals surface area (Å²) in [6, 6.07) is 30.4. The van der Waals surface area contributed by atoms with E-state index in [-0.39, 0.29) is 31.2 Å². The first-order valence-corrected chi connectivity index (χ1v) is 15.5. The molecule has 0 amide bonds. The number of aromatic nitrogens is 2. The zero-order valence-corrected chi connectivity index (χ0v) is 24.7. The van der Waals surface area contributed by atoms with Gasteiger partial charge in [-0.25, -0.2) is 0 Å². The SMILES string of the molecule is C[Si](C)(C)c1c[c-]c(-c2nccc3c2oc2ccccc23)cc1.[2H]C([2H])([2H])c1c[c-]c(-c2ccc(C([2H])([2H])[2H])cn2)cc1.[Ir]. The molecule has 0 N–H and O–H groups in total. The summed E-state index contributed by atoms with van der Waals surface area (Å²) in [4.78, 5) is 8.63. The second-order valence-corrected chi connectivity index (χ2v) is 14.9. The smallest absolute Gasteiger partial charge is 0.134 e.